The van der Waals surface area contributed by atoms with Crippen LogP contribution in [0, 0.1) is 13.8 Å². The predicted octanol–water partition coefficient (Wildman–Crippen LogP) is 2.85. The molecule has 0 aliphatic heterocycles. The molecule has 2 aromatic carbocycles. The van der Waals surface area contributed by atoms with Crippen LogP contribution in [0.5, 0.6) is 17.2 Å². The van der Waals surface area contributed by atoms with E-state index in [9.17, 15) is 8.42 Å². The third kappa shape index (κ3) is 4.47. The Labute approximate surface area is 155 Å². The maximum atomic E-state index is 12.7. The van der Waals surface area contributed by atoms with Gasteiger partial charge in [0.15, 0.2) is 0 Å². The Morgan fingerprint density at radius 2 is 1.50 bits per heavy atom. The van der Waals surface area contributed by atoms with E-state index in [1.807, 2.05) is 12.1 Å². The van der Waals surface area contributed by atoms with Crippen LogP contribution in [0.1, 0.15) is 16.7 Å². The van der Waals surface area contributed by atoms with Crippen LogP contribution in [0.2, 0.25) is 0 Å². The Balaban J connectivity index is 2.15. The molecular formula is C19H25NO5S. The Kier molecular flexibility index (Phi) is 6.50. The second-order valence-corrected chi connectivity index (χ2v) is 7.62. The van der Waals surface area contributed by atoms with Crippen LogP contribution >= 0.6 is 0 Å². The van der Waals surface area contributed by atoms with Gasteiger partial charge in [0.25, 0.3) is 0 Å². The number of methoxy groups -OCH3 is 3. The molecule has 2 rings (SSSR count). The summed E-state index contributed by atoms with van der Waals surface area (Å²) in [5.41, 5.74) is 2.20. The van der Waals surface area contributed by atoms with Crippen LogP contribution in [-0.2, 0) is 16.4 Å². The van der Waals surface area contributed by atoms with E-state index in [0.29, 0.717) is 39.7 Å². The molecule has 0 aliphatic rings. The summed E-state index contributed by atoms with van der Waals surface area (Å²) in [6.07, 6.45) is 0.501. The zero-order valence-electron chi connectivity index (χ0n) is 15.8. The third-order valence-electron chi connectivity index (χ3n) is 4.12. The Bertz CT molecular complexity index is 854. The SMILES string of the molecule is COc1cc(C)c(S(=O)(=O)NCCc2ccc(OC)cc2OC)c(C)c1. The van der Waals surface area contributed by atoms with Gasteiger partial charge in [-0.3, -0.25) is 0 Å². The summed E-state index contributed by atoms with van der Waals surface area (Å²) in [6.45, 7) is 3.78. The third-order valence-corrected chi connectivity index (χ3v) is 5.88. The number of sulfonamides is 1. The number of nitrogens with one attached hydrogen (secondary N) is 1. The van der Waals surface area contributed by atoms with Crippen LogP contribution in [0.15, 0.2) is 35.2 Å². The first-order valence-electron chi connectivity index (χ1n) is 8.18. The predicted molar refractivity (Wildman–Crippen MR) is 101 cm³/mol. The molecular weight excluding hydrogens is 354 g/mol. The van der Waals surface area contributed by atoms with Crippen molar-refractivity contribution in [1.82, 2.24) is 4.72 Å². The van der Waals surface area contributed by atoms with Gasteiger partial charge in [-0.05, 0) is 55.2 Å². The fraction of sp³-hybridized carbons (Fsp3) is 0.368. The highest BCUT2D eigenvalue weighted by Crippen LogP contribution is 2.27. The van der Waals surface area contributed by atoms with Crippen molar-refractivity contribution in [2.75, 3.05) is 27.9 Å². The molecule has 142 valence electrons. The molecule has 7 heteroatoms. The number of rotatable bonds is 8. The number of hydrogen-bond donors (Lipinski definition) is 1. The molecule has 0 aromatic heterocycles. The van der Waals surface area contributed by atoms with Crippen molar-refractivity contribution in [2.24, 2.45) is 0 Å². The molecule has 0 atom stereocenters. The molecule has 26 heavy (non-hydrogen) atoms. The summed E-state index contributed by atoms with van der Waals surface area (Å²) in [5.74, 6) is 2.00. The Morgan fingerprint density at radius 3 is 2.04 bits per heavy atom. The van der Waals surface area contributed by atoms with Crippen molar-refractivity contribution in [2.45, 2.75) is 25.2 Å². The first-order valence-corrected chi connectivity index (χ1v) is 9.66. The highest BCUT2D eigenvalue weighted by molar-refractivity contribution is 7.89. The van der Waals surface area contributed by atoms with E-state index >= 15 is 0 Å². The second-order valence-electron chi connectivity index (χ2n) is 5.92. The lowest BCUT2D eigenvalue weighted by molar-refractivity contribution is 0.391. The summed E-state index contributed by atoms with van der Waals surface area (Å²) < 4.78 is 43.8. The van der Waals surface area contributed by atoms with Gasteiger partial charge < -0.3 is 14.2 Å². The van der Waals surface area contributed by atoms with E-state index in [1.165, 1.54) is 0 Å². The van der Waals surface area contributed by atoms with Crippen LogP contribution in [0.3, 0.4) is 0 Å². The smallest absolute Gasteiger partial charge is 0.241 e. The van der Waals surface area contributed by atoms with Gasteiger partial charge in [0, 0.05) is 12.6 Å². The summed E-state index contributed by atoms with van der Waals surface area (Å²) >= 11 is 0. The zero-order chi connectivity index (χ0) is 19.3. The van der Waals surface area contributed by atoms with Gasteiger partial charge in [0.1, 0.15) is 17.2 Å². The van der Waals surface area contributed by atoms with Gasteiger partial charge >= 0.3 is 0 Å². The van der Waals surface area contributed by atoms with Gasteiger partial charge in [0.05, 0.1) is 26.2 Å². The maximum Gasteiger partial charge on any atom is 0.241 e. The maximum absolute atomic E-state index is 12.7. The van der Waals surface area contributed by atoms with Crippen molar-refractivity contribution in [3.8, 4) is 17.2 Å². The van der Waals surface area contributed by atoms with Crippen molar-refractivity contribution < 1.29 is 22.6 Å². The van der Waals surface area contributed by atoms with Crippen molar-refractivity contribution >= 4 is 10.0 Å². The van der Waals surface area contributed by atoms with E-state index in [0.717, 1.165) is 5.56 Å². The van der Waals surface area contributed by atoms with E-state index in [2.05, 4.69) is 4.72 Å². The lowest BCUT2D eigenvalue weighted by Gasteiger charge is -2.14. The number of ether oxygens (including phenoxy) is 3. The van der Waals surface area contributed by atoms with Crippen molar-refractivity contribution in [3.05, 3.63) is 47.0 Å². The zero-order valence-corrected chi connectivity index (χ0v) is 16.6. The molecule has 0 heterocycles. The first kappa shape index (κ1) is 20.1. The molecule has 0 spiro atoms. The van der Waals surface area contributed by atoms with Gasteiger partial charge in [-0.15, -0.1) is 0 Å². The van der Waals surface area contributed by atoms with Crippen molar-refractivity contribution in [3.63, 3.8) is 0 Å². The fourth-order valence-corrected chi connectivity index (χ4v) is 4.38. The Morgan fingerprint density at radius 1 is 0.885 bits per heavy atom. The summed E-state index contributed by atoms with van der Waals surface area (Å²) in [5, 5.41) is 0. The fourth-order valence-electron chi connectivity index (χ4n) is 2.90. The van der Waals surface area contributed by atoms with Gasteiger partial charge in [-0.1, -0.05) is 6.07 Å². The highest BCUT2D eigenvalue weighted by Gasteiger charge is 2.20. The largest absolute Gasteiger partial charge is 0.497 e. The van der Waals surface area contributed by atoms with Crippen LogP contribution in [-0.4, -0.2) is 36.3 Å². The van der Waals surface area contributed by atoms with Crippen LogP contribution in [0.25, 0.3) is 0 Å². The minimum Gasteiger partial charge on any atom is -0.497 e. The lowest BCUT2D eigenvalue weighted by atomic mass is 10.1. The van der Waals surface area contributed by atoms with Crippen LogP contribution in [0.4, 0.5) is 0 Å². The van der Waals surface area contributed by atoms with E-state index in [4.69, 9.17) is 14.2 Å². The molecule has 0 amide bonds. The average molecular weight is 379 g/mol. The van der Waals surface area contributed by atoms with E-state index < -0.39 is 10.0 Å². The molecule has 0 saturated carbocycles. The van der Waals surface area contributed by atoms with Crippen molar-refractivity contribution in [1.29, 1.82) is 0 Å². The number of benzene rings is 2. The summed E-state index contributed by atoms with van der Waals surface area (Å²) in [6, 6.07) is 8.91. The summed E-state index contributed by atoms with van der Waals surface area (Å²) in [4.78, 5) is 0.292. The van der Waals surface area contributed by atoms with Gasteiger partial charge in [-0.2, -0.15) is 0 Å². The minimum absolute atomic E-state index is 0.260. The molecule has 2 aromatic rings. The lowest BCUT2D eigenvalue weighted by Crippen LogP contribution is -2.27. The van der Waals surface area contributed by atoms with E-state index in [-0.39, 0.29) is 6.54 Å². The highest BCUT2D eigenvalue weighted by atomic mass is 32.2. The molecule has 0 unspecified atom stereocenters. The number of hydrogen-bond acceptors (Lipinski definition) is 5. The molecule has 0 bridgehead atoms. The van der Waals surface area contributed by atoms with Gasteiger partial charge in [0.2, 0.25) is 10.0 Å². The van der Waals surface area contributed by atoms with E-state index in [1.54, 1.807) is 53.4 Å². The van der Waals surface area contributed by atoms with Gasteiger partial charge in [-0.25, -0.2) is 13.1 Å². The quantitative estimate of drug-likeness (QED) is 0.763. The second kappa shape index (κ2) is 8.42. The van der Waals surface area contributed by atoms with Crippen LogP contribution < -0.4 is 18.9 Å². The number of aryl methyl sites for hydroxylation is 2. The topological polar surface area (TPSA) is 73.9 Å². The standard InChI is InChI=1S/C19H25NO5S/c1-13-10-17(24-4)11-14(2)19(13)26(21,22)20-9-8-15-6-7-16(23-3)12-18(15)25-5/h6-7,10-12,20H,8-9H2,1-5H3. The molecule has 0 aliphatic carbocycles. The normalized spacial score (nSPS) is 11.3. The first-order chi connectivity index (χ1) is 12.3. The average Bonchev–Trinajstić information content (AvgIpc) is 2.60. The molecule has 0 fully saturated rings. The molecule has 6 nitrogen and oxygen atoms in total. The molecule has 0 radical (unpaired) electrons. The summed E-state index contributed by atoms with van der Waals surface area (Å²) in [7, 11) is 1.10. The Hall–Kier alpha value is -2.25. The molecule has 0 saturated heterocycles. The minimum atomic E-state index is -3.62. The molecule has 1 N–H and O–H groups in total. The monoisotopic (exact) mass is 379 g/mol.